The lowest BCUT2D eigenvalue weighted by Crippen LogP contribution is -2.33. The van der Waals surface area contributed by atoms with E-state index in [1.165, 1.54) is 46.6 Å². The normalized spacial score (nSPS) is 27.8. The molecule has 0 spiro atoms. The van der Waals surface area contributed by atoms with Crippen molar-refractivity contribution in [1.29, 1.82) is 0 Å². The second-order valence-electron chi connectivity index (χ2n) is 9.12. The van der Waals surface area contributed by atoms with Crippen LogP contribution in [-0.2, 0) is 9.49 Å². The van der Waals surface area contributed by atoms with E-state index in [2.05, 4.69) is 140 Å². The van der Waals surface area contributed by atoms with E-state index in [0.717, 1.165) is 0 Å². The summed E-state index contributed by atoms with van der Waals surface area (Å²) in [6, 6.07) is 31.1. The Morgan fingerprint density at radius 2 is 0.889 bits per heavy atom. The van der Waals surface area contributed by atoms with E-state index in [1.807, 2.05) is 24.8 Å². The topological polar surface area (TPSA) is 25.8 Å². The van der Waals surface area contributed by atoms with Crippen LogP contribution in [-0.4, -0.2) is 32.0 Å². The van der Waals surface area contributed by atoms with Gasteiger partial charge in [-0.05, 0) is 70.9 Å². The molecule has 4 unspecified atom stereocenters. The molecular weight excluding hydrogens is 517 g/mol. The van der Waals surface area contributed by atoms with Gasteiger partial charge in [-0.3, -0.25) is 9.97 Å². The van der Waals surface area contributed by atoms with E-state index >= 15 is 0 Å². The summed E-state index contributed by atoms with van der Waals surface area (Å²) < 4.78 is -0.112. The van der Waals surface area contributed by atoms with Gasteiger partial charge in [-0.15, -0.1) is 23.5 Å². The van der Waals surface area contributed by atoms with Crippen LogP contribution in [0.4, 0.5) is 0 Å². The highest BCUT2D eigenvalue weighted by Crippen LogP contribution is 2.62. The lowest BCUT2D eigenvalue weighted by atomic mass is 9.87. The summed E-state index contributed by atoms with van der Waals surface area (Å²) in [5, 5.41) is 0.961. The first-order valence-electron chi connectivity index (χ1n) is 12.4. The lowest BCUT2D eigenvalue weighted by molar-refractivity contribution is 0.701. The predicted molar refractivity (Wildman–Crippen MR) is 160 cm³/mol. The van der Waals surface area contributed by atoms with Gasteiger partial charge in [-0.1, -0.05) is 82.3 Å². The third-order valence-corrected chi connectivity index (χ3v) is 14.3. The van der Waals surface area contributed by atoms with Crippen LogP contribution in [0.2, 0.25) is 0 Å². The van der Waals surface area contributed by atoms with Crippen LogP contribution in [0.15, 0.2) is 110 Å². The maximum absolute atomic E-state index is 4.33. The minimum Gasteiger partial charge on any atom is -0.265 e. The van der Waals surface area contributed by atoms with E-state index in [0.29, 0.717) is 10.5 Å². The fraction of sp³-hybridized carbons (Fsp3) is 0.267. The van der Waals surface area contributed by atoms with Crippen LogP contribution in [0.1, 0.15) is 35.1 Å². The summed E-state index contributed by atoms with van der Waals surface area (Å²) in [4.78, 5) is 8.67. The summed E-state index contributed by atoms with van der Waals surface area (Å²) in [7, 11) is 4.23. The minimum absolute atomic E-state index is 0.0559. The van der Waals surface area contributed by atoms with Crippen molar-refractivity contribution in [2.75, 3.05) is 11.5 Å². The van der Waals surface area contributed by atoms with Gasteiger partial charge in [-0.25, -0.2) is 0 Å². The van der Waals surface area contributed by atoms with E-state index in [9.17, 15) is 0 Å². The monoisotopic (exact) mass is 544 g/mol. The minimum atomic E-state index is -0.0559. The molecule has 2 fully saturated rings. The van der Waals surface area contributed by atoms with Gasteiger partial charge in [0.05, 0.1) is 9.49 Å². The van der Waals surface area contributed by atoms with Crippen LogP contribution in [0.25, 0.3) is 0 Å². The number of nitrogens with zero attached hydrogens (tertiary/aromatic N) is 2. The number of benzene rings is 2. The quantitative estimate of drug-likeness (QED) is 0.218. The molecule has 6 rings (SSSR count). The average molecular weight is 545 g/mol. The number of pyridine rings is 2. The largest absolute Gasteiger partial charge is 0.265 e. The molecular formula is C30H28N2S4. The van der Waals surface area contributed by atoms with E-state index in [-0.39, 0.29) is 9.49 Å². The lowest BCUT2D eigenvalue weighted by Gasteiger charge is -2.38. The van der Waals surface area contributed by atoms with Crippen molar-refractivity contribution in [3.05, 3.63) is 132 Å². The van der Waals surface area contributed by atoms with Gasteiger partial charge in [0.1, 0.15) is 0 Å². The van der Waals surface area contributed by atoms with Gasteiger partial charge in [0.25, 0.3) is 0 Å². The van der Waals surface area contributed by atoms with Crippen molar-refractivity contribution in [3.8, 4) is 0 Å². The van der Waals surface area contributed by atoms with Gasteiger partial charge in [-0.2, -0.15) is 0 Å². The van der Waals surface area contributed by atoms with Crippen molar-refractivity contribution in [2.45, 2.75) is 32.8 Å². The Morgan fingerprint density at radius 3 is 1.28 bits per heavy atom. The van der Waals surface area contributed by atoms with Crippen LogP contribution >= 0.6 is 45.1 Å². The number of aromatic nitrogens is 2. The maximum atomic E-state index is 4.33. The van der Waals surface area contributed by atoms with Crippen molar-refractivity contribution in [1.82, 2.24) is 9.97 Å². The summed E-state index contributed by atoms with van der Waals surface area (Å²) in [5.74, 6) is 2.34. The summed E-state index contributed by atoms with van der Waals surface area (Å²) in [5.41, 5.74) is 5.55. The number of hydrogen-bond acceptors (Lipinski definition) is 6. The molecule has 0 radical (unpaired) electrons. The van der Waals surface area contributed by atoms with Crippen LogP contribution in [0.3, 0.4) is 0 Å². The predicted octanol–water partition coefficient (Wildman–Crippen LogP) is 8.06. The molecule has 2 aromatic heterocycles. The molecule has 4 heterocycles. The number of thioether (sulfide) groups is 2. The van der Waals surface area contributed by atoms with Gasteiger partial charge < -0.3 is 0 Å². The van der Waals surface area contributed by atoms with Gasteiger partial charge >= 0.3 is 0 Å². The molecule has 0 bridgehead atoms. The Hall–Kier alpha value is -1.86. The van der Waals surface area contributed by atoms with Crippen LogP contribution in [0, 0.1) is 0 Å². The fourth-order valence-electron chi connectivity index (χ4n) is 5.59. The van der Waals surface area contributed by atoms with Crippen molar-refractivity contribution >= 4 is 45.1 Å². The van der Waals surface area contributed by atoms with E-state index in [4.69, 9.17) is 0 Å². The Labute approximate surface area is 230 Å². The molecule has 182 valence electrons. The standard InChI is InChI=1S/C30H28N2S4/c1-3-7-23(8-4-1)29(25-11-17-31-18-12-25)27(15-21-33-29)35-36-28-16-22-34-30(28,24-9-5-2-6-10-24)26-13-19-32-20-14-26/h1-14,17-20,27-28H,15-16,21-22H2. The highest BCUT2D eigenvalue weighted by Gasteiger charge is 2.51. The molecule has 2 nitrogen and oxygen atoms in total. The van der Waals surface area contributed by atoms with Crippen LogP contribution < -0.4 is 0 Å². The maximum Gasteiger partial charge on any atom is 0.0785 e. The third kappa shape index (κ3) is 4.30. The van der Waals surface area contributed by atoms with E-state index in [1.54, 1.807) is 0 Å². The Morgan fingerprint density at radius 1 is 0.528 bits per heavy atom. The zero-order valence-corrected chi connectivity index (χ0v) is 23.2. The highest BCUT2D eigenvalue weighted by molar-refractivity contribution is 8.77. The molecule has 0 saturated carbocycles. The first-order chi connectivity index (χ1) is 17.8. The first kappa shape index (κ1) is 24.5. The van der Waals surface area contributed by atoms with Gasteiger partial charge in [0.2, 0.25) is 0 Å². The number of rotatable bonds is 7. The fourth-order valence-corrected chi connectivity index (χ4v) is 13.9. The first-order valence-corrected chi connectivity index (χ1v) is 16.6. The summed E-state index contributed by atoms with van der Waals surface area (Å²) >= 11 is 4.21. The Bertz CT molecular complexity index is 1080. The molecule has 36 heavy (non-hydrogen) atoms. The zero-order valence-electron chi connectivity index (χ0n) is 19.9. The van der Waals surface area contributed by atoms with Crippen LogP contribution in [0.5, 0.6) is 0 Å². The molecule has 2 aliphatic rings. The van der Waals surface area contributed by atoms with Gasteiger partial charge in [0, 0.05) is 35.3 Å². The molecule has 4 atom stereocenters. The molecule has 0 aliphatic carbocycles. The second kappa shape index (κ2) is 10.9. The third-order valence-electron chi connectivity index (χ3n) is 7.24. The molecule has 6 heteroatoms. The molecule has 2 saturated heterocycles. The second-order valence-corrected chi connectivity index (χ2v) is 14.5. The Kier molecular flexibility index (Phi) is 7.38. The van der Waals surface area contributed by atoms with Crippen molar-refractivity contribution in [3.63, 3.8) is 0 Å². The molecule has 0 N–H and O–H groups in total. The summed E-state index contributed by atoms with van der Waals surface area (Å²) in [6.07, 6.45) is 10.2. The van der Waals surface area contributed by atoms with Crippen molar-refractivity contribution < 1.29 is 0 Å². The van der Waals surface area contributed by atoms with Crippen molar-refractivity contribution in [2.24, 2.45) is 0 Å². The summed E-state index contributed by atoms with van der Waals surface area (Å²) in [6.45, 7) is 0. The van der Waals surface area contributed by atoms with Gasteiger partial charge in [0.15, 0.2) is 0 Å². The molecule has 4 aromatic rings. The average Bonchev–Trinajstić information content (AvgIpc) is 3.59. The Balaban J connectivity index is 1.35. The zero-order chi connectivity index (χ0) is 24.3. The molecule has 0 amide bonds. The molecule has 2 aliphatic heterocycles. The number of hydrogen-bond donors (Lipinski definition) is 0. The SMILES string of the molecule is c1ccc(C2(c3ccncc3)SCCC2SSC2CCSC2(c2ccccc2)c2ccncc2)cc1. The van der Waals surface area contributed by atoms with E-state index < -0.39 is 0 Å². The molecule has 2 aromatic carbocycles. The highest BCUT2D eigenvalue weighted by atomic mass is 33.1. The smallest absolute Gasteiger partial charge is 0.0785 e.